The molecule has 0 unspecified atom stereocenters. The Bertz CT molecular complexity index is 460. The van der Waals surface area contributed by atoms with E-state index in [9.17, 15) is 0 Å². The van der Waals surface area contributed by atoms with Crippen LogP contribution < -0.4 is 10.5 Å². The van der Waals surface area contributed by atoms with Crippen molar-refractivity contribution in [2.24, 2.45) is 16.6 Å². The molecule has 20 heavy (non-hydrogen) atoms. The van der Waals surface area contributed by atoms with Crippen LogP contribution in [-0.4, -0.2) is 12.6 Å². The van der Waals surface area contributed by atoms with Crippen LogP contribution in [0.3, 0.4) is 0 Å². The summed E-state index contributed by atoms with van der Waals surface area (Å²) in [7, 11) is 1.71. The zero-order chi connectivity index (χ0) is 15.0. The molecule has 0 spiro atoms. The molecule has 0 bridgehead atoms. The molecule has 0 aromatic heterocycles. The molecule has 1 saturated carbocycles. The van der Waals surface area contributed by atoms with E-state index in [2.05, 4.69) is 45.9 Å². The average Bonchev–Trinajstić information content (AvgIpc) is 2.23. The number of nitrogens with two attached hydrogens (primary N) is 1. The lowest BCUT2D eigenvalue weighted by molar-refractivity contribution is 0.0487. The number of hydrogen-bond acceptors (Lipinski definition) is 2. The first-order valence-corrected chi connectivity index (χ1v) is 7.55. The standard InChI is InChI=1S/C18H29NO/c1-16(2)11-17(3,4)13-18(19,12-16)10-14-7-6-8-15(9-14)20-5/h6-9H,10-13,19H2,1-5H3. The fraction of sp³-hybridized carbons (Fsp3) is 0.667. The molecule has 2 heteroatoms. The van der Waals surface area contributed by atoms with E-state index in [0.717, 1.165) is 25.0 Å². The van der Waals surface area contributed by atoms with Gasteiger partial charge in [-0.25, -0.2) is 0 Å². The van der Waals surface area contributed by atoms with Gasteiger partial charge in [-0.2, -0.15) is 0 Å². The van der Waals surface area contributed by atoms with Gasteiger partial charge in [-0.1, -0.05) is 39.8 Å². The SMILES string of the molecule is COc1cccc(CC2(N)CC(C)(C)CC(C)(C)C2)c1. The molecule has 2 N–H and O–H groups in total. The van der Waals surface area contributed by atoms with Crippen molar-refractivity contribution in [3.05, 3.63) is 29.8 Å². The molecular formula is C18H29NO. The van der Waals surface area contributed by atoms with Gasteiger partial charge in [0.05, 0.1) is 7.11 Å². The van der Waals surface area contributed by atoms with Crippen molar-refractivity contribution in [3.8, 4) is 5.75 Å². The lowest BCUT2D eigenvalue weighted by atomic mass is 9.57. The van der Waals surface area contributed by atoms with Crippen LogP contribution in [-0.2, 0) is 6.42 Å². The summed E-state index contributed by atoms with van der Waals surface area (Å²) in [5.41, 5.74) is 8.59. The maximum absolute atomic E-state index is 6.79. The Labute approximate surface area is 123 Å². The molecule has 0 radical (unpaired) electrons. The number of ether oxygens (including phenoxy) is 1. The summed E-state index contributed by atoms with van der Waals surface area (Å²) in [5, 5.41) is 0. The maximum atomic E-state index is 6.79. The first kappa shape index (κ1) is 15.4. The Morgan fingerprint density at radius 3 is 2.20 bits per heavy atom. The molecule has 1 aliphatic carbocycles. The molecule has 1 aromatic carbocycles. The van der Waals surface area contributed by atoms with Crippen LogP contribution in [0.4, 0.5) is 0 Å². The number of benzene rings is 1. The van der Waals surface area contributed by atoms with Crippen LogP contribution >= 0.6 is 0 Å². The summed E-state index contributed by atoms with van der Waals surface area (Å²) in [6, 6.07) is 8.31. The lowest BCUT2D eigenvalue weighted by Gasteiger charge is -2.50. The van der Waals surface area contributed by atoms with E-state index in [4.69, 9.17) is 10.5 Å². The van der Waals surface area contributed by atoms with Crippen LogP contribution in [0.1, 0.15) is 52.5 Å². The van der Waals surface area contributed by atoms with Crippen molar-refractivity contribution < 1.29 is 4.74 Å². The summed E-state index contributed by atoms with van der Waals surface area (Å²) in [6.45, 7) is 9.39. The summed E-state index contributed by atoms with van der Waals surface area (Å²) in [6.07, 6.45) is 4.34. The Kier molecular flexibility index (Phi) is 3.90. The second kappa shape index (κ2) is 5.07. The molecule has 0 aliphatic heterocycles. The average molecular weight is 275 g/mol. The van der Waals surface area contributed by atoms with Gasteiger partial charge >= 0.3 is 0 Å². The van der Waals surface area contributed by atoms with Crippen LogP contribution in [0.2, 0.25) is 0 Å². The Balaban J connectivity index is 2.21. The maximum Gasteiger partial charge on any atom is 0.119 e. The molecule has 0 heterocycles. The molecular weight excluding hydrogens is 246 g/mol. The van der Waals surface area contributed by atoms with Crippen molar-refractivity contribution in [3.63, 3.8) is 0 Å². The first-order chi connectivity index (χ1) is 9.13. The van der Waals surface area contributed by atoms with Gasteiger partial charge in [0.2, 0.25) is 0 Å². The third-order valence-electron chi connectivity index (χ3n) is 4.31. The molecule has 1 fully saturated rings. The number of rotatable bonds is 3. The van der Waals surface area contributed by atoms with Crippen LogP contribution in [0, 0.1) is 10.8 Å². The normalized spacial score (nSPS) is 23.3. The van der Waals surface area contributed by atoms with Gasteiger partial charge in [-0.15, -0.1) is 0 Å². The Morgan fingerprint density at radius 2 is 1.65 bits per heavy atom. The highest BCUT2D eigenvalue weighted by Gasteiger charge is 2.45. The van der Waals surface area contributed by atoms with Crippen LogP contribution in [0.5, 0.6) is 5.75 Å². The second-order valence-corrected chi connectivity index (χ2v) is 8.25. The third-order valence-corrected chi connectivity index (χ3v) is 4.31. The quantitative estimate of drug-likeness (QED) is 0.898. The van der Waals surface area contributed by atoms with E-state index in [1.54, 1.807) is 7.11 Å². The predicted octanol–water partition coefficient (Wildman–Crippen LogP) is 4.17. The lowest BCUT2D eigenvalue weighted by Crippen LogP contribution is -2.53. The topological polar surface area (TPSA) is 35.2 Å². The molecule has 1 aliphatic rings. The van der Waals surface area contributed by atoms with Crippen molar-refractivity contribution in [1.29, 1.82) is 0 Å². The second-order valence-electron chi connectivity index (χ2n) is 8.25. The fourth-order valence-electron chi connectivity index (χ4n) is 4.70. The molecule has 1 aromatic rings. The van der Waals surface area contributed by atoms with Crippen molar-refractivity contribution >= 4 is 0 Å². The predicted molar refractivity (Wildman–Crippen MR) is 85.0 cm³/mol. The van der Waals surface area contributed by atoms with Crippen molar-refractivity contribution in [1.82, 2.24) is 0 Å². The highest BCUT2D eigenvalue weighted by atomic mass is 16.5. The van der Waals surface area contributed by atoms with Crippen LogP contribution in [0.25, 0.3) is 0 Å². The smallest absolute Gasteiger partial charge is 0.119 e. The molecule has 112 valence electrons. The zero-order valence-corrected chi connectivity index (χ0v) is 13.6. The summed E-state index contributed by atoms with van der Waals surface area (Å²) < 4.78 is 5.32. The summed E-state index contributed by atoms with van der Waals surface area (Å²) >= 11 is 0. The van der Waals surface area contributed by atoms with Crippen molar-refractivity contribution in [2.45, 2.75) is 58.9 Å². The highest BCUT2D eigenvalue weighted by Crippen LogP contribution is 2.50. The van der Waals surface area contributed by atoms with Gasteiger partial charge in [0.15, 0.2) is 0 Å². The van der Waals surface area contributed by atoms with Gasteiger partial charge in [-0.3, -0.25) is 0 Å². The minimum Gasteiger partial charge on any atom is -0.497 e. The van der Waals surface area contributed by atoms with Crippen molar-refractivity contribution in [2.75, 3.05) is 7.11 Å². The Hall–Kier alpha value is -1.02. The van der Waals surface area contributed by atoms with Gasteiger partial charge in [0.1, 0.15) is 5.75 Å². The van der Waals surface area contributed by atoms with E-state index < -0.39 is 0 Å². The van der Waals surface area contributed by atoms with E-state index in [0.29, 0.717) is 10.8 Å². The molecule has 2 nitrogen and oxygen atoms in total. The minimum atomic E-state index is -0.113. The summed E-state index contributed by atoms with van der Waals surface area (Å²) in [4.78, 5) is 0. The first-order valence-electron chi connectivity index (χ1n) is 7.55. The molecule has 0 atom stereocenters. The van der Waals surface area contributed by atoms with Gasteiger partial charge in [-0.05, 0) is 54.2 Å². The highest BCUT2D eigenvalue weighted by molar-refractivity contribution is 5.30. The van der Waals surface area contributed by atoms with Gasteiger partial charge < -0.3 is 10.5 Å². The number of methoxy groups -OCH3 is 1. The van der Waals surface area contributed by atoms with E-state index >= 15 is 0 Å². The number of hydrogen-bond donors (Lipinski definition) is 1. The molecule has 0 saturated heterocycles. The zero-order valence-electron chi connectivity index (χ0n) is 13.6. The third kappa shape index (κ3) is 3.76. The van der Waals surface area contributed by atoms with Crippen LogP contribution in [0.15, 0.2) is 24.3 Å². The fourth-order valence-corrected chi connectivity index (χ4v) is 4.70. The summed E-state index contributed by atoms with van der Waals surface area (Å²) in [5.74, 6) is 0.917. The Morgan fingerprint density at radius 1 is 1.05 bits per heavy atom. The van der Waals surface area contributed by atoms with E-state index in [1.807, 2.05) is 6.07 Å². The molecule has 2 rings (SSSR count). The molecule has 0 amide bonds. The largest absolute Gasteiger partial charge is 0.497 e. The monoisotopic (exact) mass is 275 g/mol. The van der Waals surface area contributed by atoms with Gasteiger partial charge in [0, 0.05) is 5.54 Å². The minimum absolute atomic E-state index is 0.113. The van der Waals surface area contributed by atoms with E-state index in [-0.39, 0.29) is 5.54 Å². The van der Waals surface area contributed by atoms with Gasteiger partial charge in [0.25, 0.3) is 0 Å². The van der Waals surface area contributed by atoms with E-state index in [1.165, 1.54) is 12.0 Å².